The highest BCUT2D eigenvalue weighted by Crippen LogP contribution is 2.25. The van der Waals surface area contributed by atoms with Gasteiger partial charge in [-0.05, 0) is 43.7 Å². The lowest BCUT2D eigenvalue weighted by molar-refractivity contribution is -0.128. The molecule has 2 aromatic carbocycles. The first-order chi connectivity index (χ1) is 12.5. The molecule has 2 atom stereocenters. The van der Waals surface area contributed by atoms with Crippen molar-refractivity contribution in [3.63, 3.8) is 0 Å². The lowest BCUT2D eigenvalue weighted by atomic mass is 10.2. The van der Waals surface area contributed by atoms with Crippen LogP contribution in [0.3, 0.4) is 0 Å². The molecule has 1 saturated heterocycles. The molecule has 1 aliphatic heterocycles. The number of anilines is 1. The number of para-hydroxylation sites is 1. The molecule has 0 bridgehead atoms. The van der Waals surface area contributed by atoms with Gasteiger partial charge in [-0.1, -0.05) is 30.3 Å². The monoisotopic (exact) mass is 354 g/mol. The molecular formula is C20H22N2O4. The average molecular weight is 354 g/mol. The Hall–Kier alpha value is -2.86. The standard InChI is InChI=1S/C20H22N2O4/c1-14-7-6-10-18(11-14)26-13-17(23)12-21-19(24)15(2)22(20(21)25)16-8-4-3-5-9-16/h3-11,15,17,23H,12-13H2,1-2H3. The first-order valence-corrected chi connectivity index (χ1v) is 8.54. The number of hydrogen-bond acceptors (Lipinski definition) is 4. The number of urea groups is 1. The predicted molar refractivity (Wildman–Crippen MR) is 98.2 cm³/mol. The molecule has 6 nitrogen and oxygen atoms in total. The van der Waals surface area contributed by atoms with Gasteiger partial charge in [0, 0.05) is 5.69 Å². The fraction of sp³-hybridized carbons (Fsp3) is 0.300. The van der Waals surface area contributed by atoms with Crippen LogP contribution < -0.4 is 9.64 Å². The van der Waals surface area contributed by atoms with Gasteiger partial charge in [0.05, 0.1) is 6.54 Å². The number of amides is 3. The van der Waals surface area contributed by atoms with Crippen molar-refractivity contribution in [3.8, 4) is 5.75 Å². The second-order valence-corrected chi connectivity index (χ2v) is 6.39. The van der Waals surface area contributed by atoms with E-state index in [1.54, 1.807) is 25.1 Å². The van der Waals surface area contributed by atoms with Crippen LogP contribution in [0.4, 0.5) is 10.5 Å². The Labute approximate surface area is 152 Å². The number of ether oxygens (including phenoxy) is 1. The van der Waals surface area contributed by atoms with Crippen molar-refractivity contribution >= 4 is 17.6 Å². The molecular weight excluding hydrogens is 332 g/mol. The molecule has 0 radical (unpaired) electrons. The summed E-state index contributed by atoms with van der Waals surface area (Å²) in [5, 5.41) is 10.2. The molecule has 2 aromatic rings. The minimum atomic E-state index is -0.966. The van der Waals surface area contributed by atoms with Crippen molar-refractivity contribution in [2.45, 2.75) is 26.0 Å². The van der Waals surface area contributed by atoms with Crippen LogP contribution in [0.2, 0.25) is 0 Å². The van der Waals surface area contributed by atoms with E-state index in [0.717, 1.165) is 10.5 Å². The molecule has 2 unspecified atom stereocenters. The van der Waals surface area contributed by atoms with Gasteiger partial charge in [-0.15, -0.1) is 0 Å². The number of aliphatic hydroxyl groups excluding tert-OH is 1. The van der Waals surface area contributed by atoms with E-state index in [0.29, 0.717) is 11.4 Å². The highest BCUT2D eigenvalue weighted by molar-refractivity contribution is 6.14. The number of aliphatic hydroxyl groups is 1. The molecule has 0 saturated carbocycles. The van der Waals surface area contributed by atoms with Crippen LogP contribution in [0, 0.1) is 6.92 Å². The van der Waals surface area contributed by atoms with Gasteiger partial charge in [0.2, 0.25) is 0 Å². The lowest BCUT2D eigenvalue weighted by Crippen LogP contribution is -2.40. The van der Waals surface area contributed by atoms with Gasteiger partial charge in [0.25, 0.3) is 5.91 Å². The second-order valence-electron chi connectivity index (χ2n) is 6.39. The molecule has 136 valence electrons. The molecule has 3 amide bonds. The molecule has 6 heteroatoms. The SMILES string of the molecule is Cc1cccc(OCC(O)CN2C(=O)C(C)N(c3ccccc3)C2=O)c1. The summed E-state index contributed by atoms with van der Waals surface area (Å²) in [5.74, 6) is 0.316. The van der Waals surface area contributed by atoms with E-state index in [9.17, 15) is 14.7 Å². The first-order valence-electron chi connectivity index (χ1n) is 8.54. The van der Waals surface area contributed by atoms with Crippen LogP contribution in [0.1, 0.15) is 12.5 Å². The van der Waals surface area contributed by atoms with Gasteiger partial charge in [-0.25, -0.2) is 4.79 Å². The van der Waals surface area contributed by atoms with E-state index >= 15 is 0 Å². The van der Waals surface area contributed by atoms with Gasteiger partial charge < -0.3 is 9.84 Å². The summed E-state index contributed by atoms with van der Waals surface area (Å²) in [6, 6.07) is 15.5. The van der Waals surface area contributed by atoms with Gasteiger partial charge >= 0.3 is 6.03 Å². The zero-order valence-corrected chi connectivity index (χ0v) is 14.8. The number of rotatable bonds is 6. The Morgan fingerprint density at radius 1 is 1.12 bits per heavy atom. The van der Waals surface area contributed by atoms with E-state index in [1.165, 1.54) is 4.90 Å². The number of benzene rings is 2. The Balaban J connectivity index is 1.63. The summed E-state index contributed by atoms with van der Waals surface area (Å²) in [4.78, 5) is 27.7. The Morgan fingerprint density at radius 2 is 1.85 bits per heavy atom. The van der Waals surface area contributed by atoms with Crippen LogP contribution in [0.5, 0.6) is 5.75 Å². The van der Waals surface area contributed by atoms with Crippen molar-refractivity contribution in [3.05, 3.63) is 60.2 Å². The molecule has 1 N–H and O–H groups in total. The topological polar surface area (TPSA) is 70.1 Å². The molecule has 0 aromatic heterocycles. The number of imide groups is 1. The maximum Gasteiger partial charge on any atom is 0.332 e. The second kappa shape index (κ2) is 7.58. The minimum absolute atomic E-state index is 0.000229. The third kappa shape index (κ3) is 3.70. The maximum atomic E-state index is 12.7. The van der Waals surface area contributed by atoms with E-state index in [1.807, 2.05) is 43.3 Å². The van der Waals surface area contributed by atoms with Crippen molar-refractivity contribution in [1.82, 2.24) is 4.90 Å². The predicted octanol–water partition coefficient (Wildman–Crippen LogP) is 2.59. The van der Waals surface area contributed by atoms with E-state index in [-0.39, 0.29) is 19.1 Å². The summed E-state index contributed by atoms with van der Waals surface area (Å²) in [6.07, 6.45) is -0.966. The fourth-order valence-electron chi connectivity index (χ4n) is 2.98. The molecule has 1 heterocycles. The summed E-state index contributed by atoms with van der Waals surface area (Å²) in [7, 11) is 0. The normalized spacial score (nSPS) is 18.3. The molecule has 3 rings (SSSR count). The maximum absolute atomic E-state index is 12.7. The number of β-amino-alcohol motifs (C(OH)–C–C–N with tert-alkyl or cyclic N) is 1. The van der Waals surface area contributed by atoms with E-state index in [4.69, 9.17) is 4.74 Å². The van der Waals surface area contributed by atoms with E-state index < -0.39 is 18.2 Å². The van der Waals surface area contributed by atoms with Crippen LogP contribution in [-0.4, -0.2) is 47.2 Å². The van der Waals surface area contributed by atoms with Crippen LogP contribution in [-0.2, 0) is 4.79 Å². The third-order valence-electron chi connectivity index (χ3n) is 4.31. The van der Waals surface area contributed by atoms with Crippen molar-refractivity contribution in [2.24, 2.45) is 0 Å². The summed E-state index contributed by atoms with van der Waals surface area (Å²) in [5.41, 5.74) is 1.71. The average Bonchev–Trinajstić information content (AvgIpc) is 2.84. The largest absolute Gasteiger partial charge is 0.491 e. The van der Waals surface area contributed by atoms with Gasteiger partial charge in [-0.2, -0.15) is 0 Å². The zero-order chi connectivity index (χ0) is 18.7. The van der Waals surface area contributed by atoms with Crippen molar-refractivity contribution < 1.29 is 19.4 Å². The smallest absolute Gasteiger partial charge is 0.332 e. The van der Waals surface area contributed by atoms with Crippen LogP contribution >= 0.6 is 0 Å². The molecule has 1 fully saturated rings. The highest BCUT2D eigenvalue weighted by atomic mass is 16.5. The van der Waals surface area contributed by atoms with Gasteiger partial charge in [0.15, 0.2) is 0 Å². The third-order valence-corrected chi connectivity index (χ3v) is 4.31. The zero-order valence-electron chi connectivity index (χ0n) is 14.8. The molecule has 0 spiro atoms. The highest BCUT2D eigenvalue weighted by Gasteiger charge is 2.43. The lowest BCUT2D eigenvalue weighted by Gasteiger charge is -2.20. The number of hydrogen-bond donors (Lipinski definition) is 1. The van der Waals surface area contributed by atoms with Crippen molar-refractivity contribution in [1.29, 1.82) is 0 Å². The summed E-state index contributed by atoms with van der Waals surface area (Å²) >= 11 is 0. The Bertz CT molecular complexity index is 793. The number of carbonyl (C=O) groups excluding carboxylic acids is 2. The summed E-state index contributed by atoms with van der Waals surface area (Å²) < 4.78 is 5.55. The Kier molecular flexibility index (Phi) is 5.23. The van der Waals surface area contributed by atoms with E-state index in [2.05, 4.69) is 0 Å². The van der Waals surface area contributed by atoms with Crippen molar-refractivity contribution in [2.75, 3.05) is 18.1 Å². The quantitative estimate of drug-likeness (QED) is 0.810. The van der Waals surface area contributed by atoms with Gasteiger partial charge in [0.1, 0.15) is 24.5 Å². The number of aryl methyl sites for hydroxylation is 1. The molecule has 1 aliphatic rings. The van der Waals surface area contributed by atoms with Crippen LogP contribution in [0.25, 0.3) is 0 Å². The number of nitrogens with zero attached hydrogens (tertiary/aromatic N) is 2. The Morgan fingerprint density at radius 3 is 2.54 bits per heavy atom. The number of carbonyl (C=O) groups is 2. The van der Waals surface area contributed by atoms with Crippen LogP contribution in [0.15, 0.2) is 54.6 Å². The summed E-state index contributed by atoms with van der Waals surface area (Å²) in [6.45, 7) is 3.53. The van der Waals surface area contributed by atoms with Gasteiger partial charge in [-0.3, -0.25) is 14.6 Å². The first kappa shape index (κ1) is 17.9. The minimum Gasteiger partial charge on any atom is -0.491 e. The molecule has 26 heavy (non-hydrogen) atoms. The fourth-order valence-corrected chi connectivity index (χ4v) is 2.98. The molecule has 0 aliphatic carbocycles.